The van der Waals surface area contributed by atoms with E-state index in [9.17, 15) is 14.4 Å². The van der Waals surface area contributed by atoms with Crippen molar-refractivity contribution in [2.45, 2.75) is 26.9 Å². The van der Waals surface area contributed by atoms with Crippen LogP contribution in [0.25, 0.3) is 0 Å². The normalized spacial score (nSPS) is 10.3. The minimum atomic E-state index is -0.393. The van der Waals surface area contributed by atoms with Crippen LogP contribution < -0.4 is 5.32 Å². The molecule has 1 amide bonds. The SMILES string of the molecule is CCOC(=O)c1ccc(NC(=O)CSCCC(=O)OCc2ccc(C)cc2)cc1. The van der Waals surface area contributed by atoms with Crippen molar-refractivity contribution in [3.05, 3.63) is 65.2 Å². The van der Waals surface area contributed by atoms with E-state index >= 15 is 0 Å². The van der Waals surface area contributed by atoms with Crippen molar-refractivity contribution in [1.29, 1.82) is 0 Å². The highest BCUT2D eigenvalue weighted by Gasteiger charge is 2.08. The van der Waals surface area contributed by atoms with E-state index < -0.39 is 5.97 Å². The molecular weight excluding hydrogens is 390 g/mol. The van der Waals surface area contributed by atoms with Gasteiger partial charge in [0.25, 0.3) is 0 Å². The van der Waals surface area contributed by atoms with Gasteiger partial charge in [-0.05, 0) is 43.7 Å². The van der Waals surface area contributed by atoms with E-state index in [1.54, 1.807) is 31.2 Å². The Kier molecular flexibility index (Phi) is 9.24. The van der Waals surface area contributed by atoms with Crippen LogP contribution in [0.15, 0.2) is 48.5 Å². The molecule has 0 spiro atoms. The quantitative estimate of drug-likeness (QED) is 0.467. The summed E-state index contributed by atoms with van der Waals surface area (Å²) in [4.78, 5) is 35.4. The van der Waals surface area contributed by atoms with Gasteiger partial charge in [-0.15, -0.1) is 0 Å². The summed E-state index contributed by atoms with van der Waals surface area (Å²) >= 11 is 1.36. The molecule has 0 aromatic heterocycles. The number of amides is 1. The fourth-order valence-electron chi connectivity index (χ4n) is 2.34. The van der Waals surface area contributed by atoms with Gasteiger partial charge in [0.15, 0.2) is 0 Å². The number of carbonyl (C=O) groups excluding carboxylic acids is 3. The zero-order valence-electron chi connectivity index (χ0n) is 16.6. The Morgan fingerprint density at radius 2 is 1.66 bits per heavy atom. The zero-order valence-corrected chi connectivity index (χ0v) is 17.4. The summed E-state index contributed by atoms with van der Waals surface area (Å²) in [5.74, 6) is -0.123. The number of hydrogen-bond donors (Lipinski definition) is 1. The van der Waals surface area contributed by atoms with Crippen molar-refractivity contribution in [2.75, 3.05) is 23.4 Å². The maximum Gasteiger partial charge on any atom is 0.338 e. The Balaban J connectivity index is 1.62. The van der Waals surface area contributed by atoms with Gasteiger partial charge in [0.05, 0.1) is 24.3 Å². The molecule has 1 N–H and O–H groups in total. The molecule has 29 heavy (non-hydrogen) atoms. The molecule has 0 aliphatic rings. The molecule has 0 bridgehead atoms. The highest BCUT2D eigenvalue weighted by molar-refractivity contribution is 7.99. The molecule has 2 aromatic rings. The van der Waals surface area contributed by atoms with E-state index in [2.05, 4.69) is 5.32 Å². The number of anilines is 1. The van der Waals surface area contributed by atoms with Crippen molar-refractivity contribution >= 4 is 35.3 Å². The number of aryl methyl sites for hydroxylation is 1. The van der Waals surface area contributed by atoms with Gasteiger partial charge in [0.2, 0.25) is 5.91 Å². The number of hydrogen-bond acceptors (Lipinski definition) is 6. The topological polar surface area (TPSA) is 81.7 Å². The van der Waals surface area contributed by atoms with Gasteiger partial charge in [0, 0.05) is 11.4 Å². The molecule has 0 radical (unpaired) electrons. The molecule has 0 aliphatic carbocycles. The molecule has 6 nitrogen and oxygen atoms in total. The van der Waals surface area contributed by atoms with Gasteiger partial charge in [-0.3, -0.25) is 9.59 Å². The van der Waals surface area contributed by atoms with Gasteiger partial charge in [0.1, 0.15) is 6.61 Å². The largest absolute Gasteiger partial charge is 0.462 e. The number of rotatable bonds is 10. The minimum Gasteiger partial charge on any atom is -0.462 e. The first kappa shape index (κ1) is 22.5. The number of thioether (sulfide) groups is 1. The average molecular weight is 416 g/mol. The Bertz CT molecular complexity index is 818. The second-order valence-corrected chi connectivity index (χ2v) is 7.40. The predicted molar refractivity (Wildman–Crippen MR) is 114 cm³/mol. The van der Waals surface area contributed by atoms with Crippen LogP contribution in [0.5, 0.6) is 0 Å². The third-order valence-electron chi connectivity index (χ3n) is 3.88. The second kappa shape index (κ2) is 11.9. The second-order valence-electron chi connectivity index (χ2n) is 6.29. The maximum atomic E-state index is 12.0. The van der Waals surface area contributed by atoms with Crippen LogP contribution in [0.1, 0.15) is 34.8 Å². The Morgan fingerprint density at radius 3 is 2.31 bits per heavy atom. The standard InChI is InChI=1S/C22H25NO5S/c1-3-27-22(26)18-8-10-19(11-9-18)23-20(24)15-29-13-12-21(25)28-14-17-6-4-16(2)5-7-17/h4-11H,3,12-15H2,1-2H3,(H,23,24). The molecule has 0 saturated heterocycles. The minimum absolute atomic E-state index is 0.174. The molecule has 7 heteroatoms. The predicted octanol–water partition coefficient (Wildman–Crippen LogP) is 3.98. The highest BCUT2D eigenvalue weighted by atomic mass is 32.2. The van der Waals surface area contributed by atoms with Crippen LogP contribution in [-0.2, 0) is 25.7 Å². The lowest BCUT2D eigenvalue weighted by molar-refractivity contribution is -0.144. The number of nitrogens with one attached hydrogen (secondary N) is 1. The lowest BCUT2D eigenvalue weighted by Crippen LogP contribution is -2.15. The van der Waals surface area contributed by atoms with Gasteiger partial charge in [-0.1, -0.05) is 29.8 Å². The van der Waals surface area contributed by atoms with Crippen LogP contribution >= 0.6 is 11.8 Å². The van der Waals surface area contributed by atoms with Gasteiger partial charge >= 0.3 is 11.9 Å². The molecule has 0 fully saturated rings. The lowest BCUT2D eigenvalue weighted by Gasteiger charge is -2.07. The molecule has 0 atom stereocenters. The molecule has 2 rings (SSSR count). The van der Waals surface area contributed by atoms with Crippen molar-refractivity contribution in [3.63, 3.8) is 0 Å². The maximum absolute atomic E-state index is 12.0. The molecular formula is C22H25NO5S. The van der Waals surface area contributed by atoms with Crippen LogP contribution in [0.3, 0.4) is 0 Å². The Hall–Kier alpha value is -2.80. The fraction of sp³-hybridized carbons (Fsp3) is 0.318. The van der Waals surface area contributed by atoms with Gasteiger partial charge in [-0.2, -0.15) is 11.8 Å². The molecule has 0 saturated carbocycles. The van der Waals surface area contributed by atoms with E-state index in [0.717, 1.165) is 11.1 Å². The number of esters is 2. The summed E-state index contributed by atoms with van der Waals surface area (Å²) < 4.78 is 10.1. The summed E-state index contributed by atoms with van der Waals surface area (Å²) in [6.45, 7) is 4.32. The van der Waals surface area contributed by atoms with Crippen molar-refractivity contribution in [3.8, 4) is 0 Å². The smallest absolute Gasteiger partial charge is 0.338 e. The van der Waals surface area contributed by atoms with E-state index in [-0.39, 0.29) is 30.7 Å². The van der Waals surface area contributed by atoms with Crippen molar-refractivity contribution in [2.24, 2.45) is 0 Å². The van der Waals surface area contributed by atoms with Gasteiger partial charge in [-0.25, -0.2) is 4.79 Å². The van der Waals surface area contributed by atoms with Crippen LogP contribution in [0.2, 0.25) is 0 Å². The van der Waals surface area contributed by atoms with E-state index in [1.165, 1.54) is 11.8 Å². The molecule has 2 aromatic carbocycles. The lowest BCUT2D eigenvalue weighted by atomic mass is 10.2. The molecule has 0 heterocycles. The Morgan fingerprint density at radius 1 is 0.966 bits per heavy atom. The first-order valence-electron chi connectivity index (χ1n) is 9.34. The van der Waals surface area contributed by atoms with Gasteiger partial charge < -0.3 is 14.8 Å². The molecule has 0 aliphatic heterocycles. The Labute approximate surface area is 175 Å². The zero-order chi connectivity index (χ0) is 21.1. The highest BCUT2D eigenvalue weighted by Crippen LogP contribution is 2.12. The van der Waals surface area contributed by atoms with Crippen LogP contribution in [0, 0.1) is 6.92 Å². The number of ether oxygens (including phenoxy) is 2. The summed E-state index contributed by atoms with van der Waals surface area (Å²) in [5.41, 5.74) is 3.14. The monoisotopic (exact) mass is 415 g/mol. The van der Waals surface area contributed by atoms with Crippen molar-refractivity contribution in [1.82, 2.24) is 0 Å². The number of benzene rings is 2. The van der Waals surface area contributed by atoms with Crippen LogP contribution in [-0.4, -0.2) is 36.0 Å². The first-order chi connectivity index (χ1) is 14.0. The summed E-state index contributed by atoms with van der Waals surface area (Å²) in [7, 11) is 0. The third kappa shape index (κ3) is 8.39. The summed E-state index contributed by atoms with van der Waals surface area (Å²) in [6, 6.07) is 14.3. The van der Waals surface area contributed by atoms with Crippen molar-refractivity contribution < 1.29 is 23.9 Å². The average Bonchev–Trinajstić information content (AvgIpc) is 2.71. The third-order valence-corrected chi connectivity index (χ3v) is 4.84. The molecule has 154 valence electrons. The summed E-state index contributed by atoms with van der Waals surface area (Å²) in [6.07, 6.45) is 0.248. The van der Waals surface area contributed by atoms with Crippen LogP contribution in [0.4, 0.5) is 5.69 Å². The number of carbonyl (C=O) groups is 3. The van der Waals surface area contributed by atoms with E-state index in [1.807, 2.05) is 31.2 Å². The first-order valence-corrected chi connectivity index (χ1v) is 10.5. The summed E-state index contributed by atoms with van der Waals surface area (Å²) in [5, 5.41) is 2.75. The van der Waals surface area contributed by atoms with E-state index in [0.29, 0.717) is 23.6 Å². The fourth-order valence-corrected chi connectivity index (χ4v) is 3.05. The van der Waals surface area contributed by atoms with E-state index in [4.69, 9.17) is 9.47 Å². The molecule has 0 unspecified atom stereocenters.